The Bertz CT molecular complexity index is 2490. The highest BCUT2D eigenvalue weighted by molar-refractivity contribution is 8.01. The van der Waals surface area contributed by atoms with Gasteiger partial charge in [0, 0.05) is 22.4 Å². The van der Waals surface area contributed by atoms with Crippen LogP contribution < -0.4 is 10.6 Å². The van der Waals surface area contributed by atoms with Crippen molar-refractivity contribution in [2.75, 3.05) is 23.9 Å². The number of β-lactam (4-membered cyclic amide) rings is 1. The van der Waals surface area contributed by atoms with Gasteiger partial charge in [0.1, 0.15) is 35.5 Å². The Hall–Kier alpha value is -6.63. The first-order valence-corrected chi connectivity index (χ1v) is 20.8. The molecule has 8 rings (SSSR count). The lowest BCUT2D eigenvalue weighted by molar-refractivity contribution is -0.150. The van der Waals surface area contributed by atoms with Crippen LogP contribution in [0.2, 0.25) is 0 Å². The third-order valence-electron chi connectivity index (χ3n) is 9.59. The van der Waals surface area contributed by atoms with Crippen LogP contribution in [0.1, 0.15) is 22.4 Å². The molecule has 0 spiro atoms. The van der Waals surface area contributed by atoms with Crippen LogP contribution >= 0.6 is 34.9 Å². The number of aromatic nitrogens is 3. The Morgan fingerprint density at radius 1 is 0.949 bits per heavy atom. The number of amides is 2. The molecule has 0 saturated carbocycles. The Labute approximate surface area is 348 Å². The molecule has 298 valence electrons. The fraction of sp³-hybridized carbons (Fsp3) is 0.146. The molecule has 2 aromatic heterocycles. The average Bonchev–Trinajstić information content (AvgIpc) is 3.94. The third-order valence-corrected chi connectivity index (χ3v) is 12.6. The van der Waals surface area contributed by atoms with Gasteiger partial charge in [-0.05, 0) is 40.5 Å². The first kappa shape index (κ1) is 39.2. The van der Waals surface area contributed by atoms with Gasteiger partial charge in [-0.2, -0.15) is 0 Å². The lowest BCUT2D eigenvalue weighted by atomic mass is 9.77. The minimum atomic E-state index is -1.29. The number of carboxylic acids is 1. The second-order valence-electron chi connectivity index (χ2n) is 13.1. The summed E-state index contributed by atoms with van der Waals surface area (Å²) in [4.78, 5) is 51.0. The maximum Gasteiger partial charge on any atom is 0.352 e. The van der Waals surface area contributed by atoms with E-state index in [0.717, 1.165) is 28.5 Å². The summed E-state index contributed by atoms with van der Waals surface area (Å²) in [5, 5.41) is 49.6. The molecule has 6 aromatic rings. The highest BCUT2D eigenvalue weighted by atomic mass is 32.2. The molecule has 1 fully saturated rings. The molecular formula is C41H33N7O8S3. The number of aliphatic carboxylic acids is 1. The minimum Gasteiger partial charge on any atom is -0.504 e. The molecule has 59 heavy (non-hydrogen) atoms. The number of anilines is 1. The van der Waals surface area contributed by atoms with Crippen LogP contribution in [0.3, 0.4) is 0 Å². The first-order chi connectivity index (χ1) is 28.7. The molecule has 0 radical (unpaired) electrons. The molecule has 0 unspecified atom stereocenters. The molecule has 2 atom stereocenters. The summed E-state index contributed by atoms with van der Waals surface area (Å²) < 4.78 is 5.67. The van der Waals surface area contributed by atoms with Crippen LogP contribution in [0.5, 0.6) is 11.5 Å². The summed E-state index contributed by atoms with van der Waals surface area (Å²) in [6.07, 6.45) is 0. The van der Waals surface area contributed by atoms with E-state index in [9.17, 15) is 29.7 Å². The SMILES string of the molecule is CO/N=C(/C(=O)N[C@@H]1C(=O)N2C(C(=O)O)=C(CSc3nnc(-c4ccc(O)c(O)c4)o3)CS[C@H]12)c1csc(NC(c2ccccc2)(c2ccccc2)c2ccccc2)n1. The monoisotopic (exact) mass is 847 g/mol. The van der Waals surface area contributed by atoms with Gasteiger partial charge >= 0.3 is 5.97 Å². The Balaban J connectivity index is 0.991. The molecule has 4 aromatic carbocycles. The number of aromatic hydroxyl groups is 2. The molecule has 15 nitrogen and oxygen atoms in total. The number of benzene rings is 4. The van der Waals surface area contributed by atoms with Crippen molar-refractivity contribution in [2.45, 2.75) is 22.2 Å². The number of carbonyl (C=O) groups excluding carboxylic acids is 2. The van der Waals surface area contributed by atoms with Gasteiger partial charge < -0.3 is 35.2 Å². The summed E-state index contributed by atoms with van der Waals surface area (Å²) in [7, 11) is 1.30. The number of phenolic OH excluding ortho intramolecular Hbond substituents is 2. The second kappa shape index (κ2) is 16.7. The van der Waals surface area contributed by atoms with Gasteiger partial charge in [-0.3, -0.25) is 14.5 Å². The van der Waals surface area contributed by atoms with E-state index < -0.39 is 34.7 Å². The number of hydrogen-bond acceptors (Lipinski definition) is 15. The summed E-state index contributed by atoms with van der Waals surface area (Å²) in [5.41, 5.74) is 2.69. The largest absolute Gasteiger partial charge is 0.504 e. The summed E-state index contributed by atoms with van der Waals surface area (Å²) in [5.74, 6) is -2.82. The predicted octanol–water partition coefficient (Wildman–Crippen LogP) is 5.89. The standard InChI is InChI=1S/C41H33N7O8S3/c1-55-47-31(28-22-58-39(42-28)44-41(25-11-5-2-6-12-25,26-13-7-3-8-14-26)27-15-9-4-10-16-27)34(51)43-32-36(52)48-33(38(53)54)24(20-57-37(32)48)21-59-40-46-45-35(56-40)23-17-18-29(49)30(50)19-23/h2-19,22,32,37,49-50H,20-21H2,1H3,(H,42,44)(H,43,51)(H,53,54)/b47-31+/t32-,37-/m1/s1. The van der Waals surface area contributed by atoms with E-state index in [4.69, 9.17) is 14.2 Å². The number of rotatable bonds is 14. The predicted molar refractivity (Wildman–Crippen MR) is 222 cm³/mol. The number of thioether (sulfide) groups is 2. The molecule has 1 saturated heterocycles. The van der Waals surface area contributed by atoms with Gasteiger partial charge in [0.25, 0.3) is 17.0 Å². The Morgan fingerprint density at radius 3 is 2.19 bits per heavy atom. The smallest absolute Gasteiger partial charge is 0.352 e. The highest BCUT2D eigenvalue weighted by Gasteiger charge is 2.54. The number of carboxylic acid groups (broad SMARTS) is 1. The average molecular weight is 848 g/mol. The number of nitrogens with zero attached hydrogens (tertiary/aromatic N) is 5. The number of oxime groups is 1. The van der Waals surface area contributed by atoms with Crippen molar-refractivity contribution in [1.29, 1.82) is 0 Å². The molecule has 18 heteroatoms. The van der Waals surface area contributed by atoms with Gasteiger partial charge in [-0.1, -0.05) is 108 Å². The van der Waals surface area contributed by atoms with Crippen molar-refractivity contribution in [2.24, 2.45) is 5.16 Å². The van der Waals surface area contributed by atoms with Crippen LogP contribution in [-0.2, 0) is 24.8 Å². The van der Waals surface area contributed by atoms with E-state index >= 15 is 0 Å². The molecule has 2 aliphatic heterocycles. The number of thiazole rings is 1. The second-order valence-corrected chi connectivity index (χ2v) is 16.0. The zero-order valence-electron chi connectivity index (χ0n) is 30.9. The number of fused-ring (bicyclic) bond motifs is 1. The quantitative estimate of drug-likeness (QED) is 0.0216. The Morgan fingerprint density at radius 2 is 1.59 bits per heavy atom. The highest BCUT2D eigenvalue weighted by Crippen LogP contribution is 2.43. The van der Waals surface area contributed by atoms with E-state index in [-0.39, 0.29) is 51.2 Å². The molecule has 0 aliphatic carbocycles. The van der Waals surface area contributed by atoms with Crippen molar-refractivity contribution in [3.63, 3.8) is 0 Å². The fourth-order valence-corrected chi connectivity index (χ4v) is 9.87. The van der Waals surface area contributed by atoms with Crippen molar-refractivity contribution in [3.8, 4) is 23.0 Å². The number of carbonyl (C=O) groups is 3. The first-order valence-electron chi connectivity index (χ1n) is 17.9. The molecular weight excluding hydrogens is 815 g/mol. The van der Waals surface area contributed by atoms with Crippen molar-refractivity contribution < 1.29 is 39.0 Å². The molecule has 4 heterocycles. The Kier molecular flexibility index (Phi) is 11.1. The number of hydrogen-bond donors (Lipinski definition) is 5. The van der Waals surface area contributed by atoms with Gasteiger partial charge in [0.15, 0.2) is 22.3 Å². The molecule has 2 amide bonds. The van der Waals surface area contributed by atoms with Gasteiger partial charge in [-0.15, -0.1) is 33.3 Å². The minimum absolute atomic E-state index is 0.0889. The van der Waals surface area contributed by atoms with Crippen LogP contribution in [0.25, 0.3) is 11.5 Å². The molecule has 5 N–H and O–H groups in total. The van der Waals surface area contributed by atoms with Gasteiger partial charge in [0.05, 0.1) is 0 Å². The van der Waals surface area contributed by atoms with Crippen molar-refractivity contribution in [3.05, 3.63) is 148 Å². The lowest BCUT2D eigenvalue weighted by Crippen LogP contribution is -2.71. The summed E-state index contributed by atoms with van der Waals surface area (Å²) in [6, 6.07) is 33.0. The van der Waals surface area contributed by atoms with Crippen molar-refractivity contribution >= 4 is 63.5 Å². The number of nitrogens with one attached hydrogen (secondary N) is 2. The van der Waals surface area contributed by atoms with E-state index in [2.05, 4.69) is 26.0 Å². The van der Waals surface area contributed by atoms with E-state index in [0.29, 0.717) is 16.3 Å². The van der Waals surface area contributed by atoms with Crippen LogP contribution in [0.4, 0.5) is 5.13 Å². The molecule has 0 bridgehead atoms. The topological polar surface area (TPSA) is 213 Å². The zero-order chi connectivity index (χ0) is 41.1. The van der Waals surface area contributed by atoms with Crippen molar-refractivity contribution in [1.82, 2.24) is 25.4 Å². The molecule has 2 aliphatic rings. The maximum atomic E-state index is 13.9. The third kappa shape index (κ3) is 7.60. The van der Waals surface area contributed by atoms with Crippen LogP contribution in [-0.4, -0.2) is 88.9 Å². The maximum absolute atomic E-state index is 13.9. The van der Waals surface area contributed by atoms with E-state index in [1.165, 1.54) is 53.3 Å². The summed E-state index contributed by atoms with van der Waals surface area (Å²) >= 11 is 3.66. The van der Waals surface area contributed by atoms with Gasteiger partial charge in [0.2, 0.25) is 5.89 Å². The van der Waals surface area contributed by atoms with E-state index in [1.54, 1.807) is 5.38 Å². The van der Waals surface area contributed by atoms with Crippen LogP contribution in [0, 0.1) is 0 Å². The summed E-state index contributed by atoms with van der Waals surface area (Å²) in [6.45, 7) is 0. The normalized spacial score (nSPS) is 16.6. The van der Waals surface area contributed by atoms with Gasteiger partial charge in [-0.25, -0.2) is 9.78 Å². The zero-order valence-corrected chi connectivity index (χ0v) is 33.3. The number of phenols is 2. The van der Waals surface area contributed by atoms with Crippen LogP contribution in [0.15, 0.2) is 141 Å². The van der Waals surface area contributed by atoms with E-state index in [1.807, 2.05) is 91.0 Å². The fourth-order valence-electron chi connectivity index (χ4n) is 6.87. The lowest BCUT2D eigenvalue weighted by Gasteiger charge is -2.49.